The van der Waals surface area contributed by atoms with Gasteiger partial charge in [-0.15, -0.1) is 4.32 Å². The molecule has 2 N–H and O–H groups in total. The number of aromatic nitrogens is 3. The molecule has 9 heavy (non-hydrogen) atoms. The van der Waals surface area contributed by atoms with Gasteiger partial charge < -0.3 is 0 Å². The fourth-order valence-corrected chi connectivity index (χ4v) is 1.17. The van der Waals surface area contributed by atoms with Gasteiger partial charge in [-0.1, -0.05) is 11.6 Å². The van der Waals surface area contributed by atoms with Gasteiger partial charge in [-0.05, 0) is 18.5 Å². The predicted octanol–water partition coefficient (Wildman–Crippen LogP) is 2.29. The molecular formula is C3H5Cl2N3S. The molecular weight excluding hydrogens is 181 g/mol. The number of hydrogen-bond donors (Lipinski definition) is 2. The zero-order valence-electron chi connectivity index (χ0n) is 4.61. The van der Waals surface area contributed by atoms with E-state index in [1.54, 1.807) is 0 Å². The molecule has 52 valence electrons. The smallest absolute Gasteiger partial charge is 0.137 e. The Hall–Kier alpha value is -0.0600. The molecule has 0 saturated heterocycles. The van der Waals surface area contributed by atoms with Crippen LogP contribution in [0.15, 0.2) is 0 Å². The van der Waals surface area contributed by atoms with Crippen LogP contribution in [-0.2, 0) is 0 Å². The first-order valence-corrected chi connectivity index (χ1v) is 3.75. The summed E-state index contributed by atoms with van der Waals surface area (Å²) in [5, 5.41) is 3.19. The molecule has 0 bridgehead atoms. The summed E-state index contributed by atoms with van der Waals surface area (Å²) in [4.78, 5) is 0.966. The van der Waals surface area contributed by atoms with E-state index in [-0.39, 0.29) is 0 Å². The van der Waals surface area contributed by atoms with E-state index < -0.39 is 0 Å². The molecule has 0 unspecified atom stereocenters. The van der Waals surface area contributed by atoms with Crippen molar-refractivity contribution in [1.29, 1.82) is 0 Å². The molecule has 0 aliphatic heterocycles. The third kappa shape index (κ3) is 1.67. The second-order valence-electron chi connectivity index (χ2n) is 1.46. The maximum atomic E-state index is 5.64. The lowest BCUT2D eigenvalue weighted by Crippen LogP contribution is -1.94. The van der Waals surface area contributed by atoms with Gasteiger partial charge in [0, 0.05) is 0 Å². The summed E-state index contributed by atoms with van der Waals surface area (Å²) < 4.78 is 3.89. The van der Waals surface area contributed by atoms with Gasteiger partial charge in [0.2, 0.25) is 0 Å². The molecule has 1 aromatic heterocycles. The third-order valence-electron chi connectivity index (χ3n) is 0.784. The van der Waals surface area contributed by atoms with E-state index in [0.29, 0.717) is 5.15 Å². The van der Waals surface area contributed by atoms with Crippen LogP contribution in [0.3, 0.4) is 0 Å². The van der Waals surface area contributed by atoms with E-state index in [0.717, 1.165) is 4.88 Å². The average Bonchev–Trinajstić information content (AvgIpc) is 1.80. The van der Waals surface area contributed by atoms with Crippen molar-refractivity contribution in [3.05, 3.63) is 10.0 Å². The molecule has 1 heterocycles. The minimum Gasteiger partial charge on any atom is -0.256 e. The molecule has 0 aromatic carbocycles. The molecule has 0 amide bonds. The number of aromatic amines is 2. The van der Waals surface area contributed by atoms with Crippen molar-refractivity contribution in [2.24, 2.45) is 0 Å². The van der Waals surface area contributed by atoms with Gasteiger partial charge in [-0.25, -0.2) is 4.49 Å². The summed E-state index contributed by atoms with van der Waals surface area (Å²) in [6.07, 6.45) is 0. The Bertz CT molecular complexity index is 228. The molecule has 0 atom stereocenters. The number of H-pyrrole nitrogens is 2. The van der Waals surface area contributed by atoms with Gasteiger partial charge in [-0.2, -0.15) is 0 Å². The Morgan fingerprint density at radius 2 is 2.33 bits per heavy atom. The number of aryl methyl sites for hydroxylation is 1. The summed E-state index contributed by atoms with van der Waals surface area (Å²) in [5.74, 6) is 0. The van der Waals surface area contributed by atoms with E-state index in [1.807, 2.05) is 6.92 Å². The van der Waals surface area contributed by atoms with Crippen molar-refractivity contribution in [3.8, 4) is 0 Å². The van der Waals surface area contributed by atoms with Gasteiger partial charge in [0.05, 0.1) is 16.7 Å². The molecule has 0 saturated carbocycles. The Balaban J connectivity index is 3.17. The largest absolute Gasteiger partial charge is 0.256 e. The SMILES string of the molecule is Cc1s[nH]n(Cl)[nH]c1Cl. The zero-order chi connectivity index (χ0) is 6.85. The highest BCUT2D eigenvalue weighted by atomic mass is 35.5. The fraction of sp³-hybridized carbons (Fsp3) is 0.333. The molecule has 1 aromatic rings. The highest BCUT2D eigenvalue weighted by Crippen LogP contribution is 2.12. The van der Waals surface area contributed by atoms with E-state index in [9.17, 15) is 0 Å². The van der Waals surface area contributed by atoms with Crippen LogP contribution in [0, 0.1) is 6.92 Å². The maximum Gasteiger partial charge on any atom is 0.137 e. The fourth-order valence-electron chi connectivity index (χ4n) is 0.341. The highest BCUT2D eigenvalue weighted by molar-refractivity contribution is 7.05. The van der Waals surface area contributed by atoms with Gasteiger partial charge in [0.15, 0.2) is 0 Å². The lowest BCUT2D eigenvalue weighted by molar-refractivity contribution is 0.830. The summed E-state index contributed by atoms with van der Waals surface area (Å²) in [6, 6.07) is 0. The van der Waals surface area contributed by atoms with Crippen LogP contribution >= 0.6 is 34.9 Å². The van der Waals surface area contributed by atoms with Crippen molar-refractivity contribution < 1.29 is 0 Å². The Kier molecular flexibility index (Phi) is 2.10. The molecule has 1 rings (SSSR count). The van der Waals surface area contributed by atoms with E-state index in [2.05, 4.69) is 9.59 Å². The monoisotopic (exact) mass is 185 g/mol. The van der Waals surface area contributed by atoms with Crippen molar-refractivity contribution in [1.82, 2.24) is 13.9 Å². The second-order valence-corrected chi connectivity index (χ2v) is 3.17. The summed E-state index contributed by atoms with van der Waals surface area (Å²) >= 11 is 12.5. The standard InChI is InChI=1S/C3H5Cl2N3S/c1-2-3(4)6-8(5)7-9-2/h6-7H,1H3. The highest BCUT2D eigenvalue weighted by Gasteiger charge is 1.92. The lowest BCUT2D eigenvalue weighted by Gasteiger charge is -1.98. The quantitative estimate of drug-likeness (QED) is 0.623. The van der Waals surface area contributed by atoms with Crippen LogP contribution in [0.25, 0.3) is 0 Å². The van der Waals surface area contributed by atoms with E-state index in [4.69, 9.17) is 23.4 Å². The molecule has 3 nitrogen and oxygen atoms in total. The minimum absolute atomic E-state index is 0.550. The molecule has 0 spiro atoms. The van der Waals surface area contributed by atoms with Crippen LogP contribution in [0.1, 0.15) is 4.88 Å². The van der Waals surface area contributed by atoms with Crippen molar-refractivity contribution in [2.75, 3.05) is 0 Å². The lowest BCUT2D eigenvalue weighted by atomic mass is 10.6. The average molecular weight is 186 g/mol. The zero-order valence-corrected chi connectivity index (χ0v) is 6.94. The van der Waals surface area contributed by atoms with Crippen LogP contribution in [0.2, 0.25) is 5.15 Å². The first-order valence-electron chi connectivity index (χ1n) is 2.21. The number of nitrogens with zero attached hydrogens (tertiary/aromatic N) is 1. The van der Waals surface area contributed by atoms with Crippen LogP contribution in [-0.4, -0.2) is 13.9 Å². The minimum atomic E-state index is 0.550. The first kappa shape index (κ1) is 7.05. The maximum absolute atomic E-state index is 5.64. The molecule has 0 fully saturated rings. The van der Waals surface area contributed by atoms with Gasteiger partial charge in [0.25, 0.3) is 0 Å². The number of nitrogens with one attached hydrogen (secondary N) is 2. The topological polar surface area (TPSA) is 36.5 Å². The molecule has 0 radical (unpaired) electrons. The second kappa shape index (κ2) is 2.68. The van der Waals surface area contributed by atoms with E-state index >= 15 is 0 Å². The first-order chi connectivity index (χ1) is 4.20. The van der Waals surface area contributed by atoms with Crippen LogP contribution in [0.4, 0.5) is 0 Å². The number of hydrogen-bond acceptors (Lipinski definition) is 1. The van der Waals surface area contributed by atoms with Crippen molar-refractivity contribution >= 4 is 34.9 Å². The Morgan fingerprint density at radius 3 is 2.78 bits per heavy atom. The molecule has 0 aliphatic carbocycles. The van der Waals surface area contributed by atoms with Crippen molar-refractivity contribution in [2.45, 2.75) is 6.92 Å². The van der Waals surface area contributed by atoms with Crippen LogP contribution in [0.5, 0.6) is 0 Å². The Morgan fingerprint density at radius 1 is 1.67 bits per heavy atom. The van der Waals surface area contributed by atoms with Gasteiger partial charge in [0.1, 0.15) is 5.15 Å². The Labute approximate surface area is 66.1 Å². The third-order valence-corrected chi connectivity index (χ3v) is 2.32. The van der Waals surface area contributed by atoms with E-state index in [1.165, 1.54) is 15.8 Å². The van der Waals surface area contributed by atoms with Gasteiger partial charge >= 0.3 is 0 Å². The number of rotatable bonds is 0. The normalized spacial score (nSPS) is 9.67. The molecule has 0 aliphatic rings. The van der Waals surface area contributed by atoms with Gasteiger partial charge in [-0.3, -0.25) is 5.10 Å². The predicted molar refractivity (Wildman–Crippen MR) is 39.6 cm³/mol. The summed E-state index contributed by atoms with van der Waals surface area (Å²) in [5.41, 5.74) is 0. The number of halogens is 2. The summed E-state index contributed by atoms with van der Waals surface area (Å²) in [7, 11) is 0. The van der Waals surface area contributed by atoms with Crippen LogP contribution < -0.4 is 0 Å². The summed E-state index contributed by atoms with van der Waals surface area (Å²) in [6.45, 7) is 1.89. The molecule has 6 heteroatoms. The van der Waals surface area contributed by atoms with Crippen molar-refractivity contribution in [3.63, 3.8) is 0 Å².